The van der Waals surface area contributed by atoms with Gasteiger partial charge in [0.15, 0.2) is 5.11 Å². The van der Waals surface area contributed by atoms with Crippen LogP contribution in [0.25, 0.3) is 0 Å². The summed E-state index contributed by atoms with van der Waals surface area (Å²) in [5, 5.41) is 7.90. The predicted molar refractivity (Wildman–Crippen MR) is 96.5 cm³/mol. The molecular weight excluding hydrogens is 304 g/mol. The van der Waals surface area contributed by atoms with Gasteiger partial charge in [-0.2, -0.15) is 0 Å². The van der Waals surface area contributed by atoms with E-state index in [4.69, 9.17) is 17.0 Å². The maximum Gasteiger partial charge on any atom is 0.166 e. The summed E-state index contributed by atoms with van der Waals surface area (Å²) in [4.78, 5) is 0. The molecule has 0 radical (unpaired) electrons. The van der Waals surface area contributed by atoms with Crippen LogP contribution in [0.1, 0.15) is 44.1 Å². The van der Waals surface area contributed by atoms with E-state index in [1.807, 2.05) is 18.2 Å². The zero-order chi connectivity index (χ0) is 15.9. The van der Waals surface area contributed by atoms with Crippen molar-refractivity contribution in [3.63, 3.8) is 0 Å². The maximum absolute atomic E-state index is 5.60. The van der Waals surface area contributed by atoms with Crippen LogP contribution in [0.15, 0.2) is 24.3 Å². The third-order valence-corrected chi connectivity index (χ3v) is 6.30. The molecule has 4 bridgehead atoms. The maximum atomic E-state index is 5.60. The Hall–Kier alpha value is -1.29. The lowest BCUT2D eigenvalue weighted by molar-refractivity contribution is -0.0101. The van der Waals surface area contributed by atoms with E-state index in [1.165, 1.54) is 38.5 Å². The van der Waals surface area contributed by atoms with E-state index >= 15 is 0 Å². The van der Waals surface area contributed by atoms with Crippen LogP contribution in [0, 0.1) is 17.8 Å². The molecule has 4 aliphatic carbocycles. The molecule has 0 atom stereocenters. The minimum absolute atomic E-state index is 0.277. The van der Waals surface area contributed by atoms with Crippen LogP contribution in [-0.2, 0) is 6.54 Å². The van der Waals surface area contributed by atoms with Crippen molar-refractivity contribution in [3.8, 4) is 5.75 Å². The number of benzene rings is 1. The summed E-state index contributed by atoms with van der Waals surface area (Å²) in [6.07, 6.45) is 8.33. The van der Waals surface area contributed by atoms with Crippen LogP contribution >= 0.6 is 12.2 Å². The highest BCUT2D eigenvalue weighted by atomic mass is 32.1. The Morgan fingerprint density at radius 3 is 2.35 bits per heavy atom. The molecule has 1 aromatic rings. The lowest BCUT2D eigenvalue weighted by atomic mass is 9.53. The molecule has 3 nitrogen and oxygen atoms in total. The smallest absolute Gasteiger partial charge is 0.166 e. The first-order valence-electron chi connectivity index (χ1n) is 8.84. The number of hydrogen-bond donors (Lipinski definition) is 2. The van der Waals surface area contributed by atoms with Crippen molar-refractivity contribution >= 4 is 17.3 Å². The molecule has 0 heterocycles. The number of thiocarbonyl (C=S) groups is 1. The molecule has 23 heavy (non-hydrogen) atoms. The van der Waals surface area contributed by atoms with Gasteiger partial charge in [-0.3, -0.25) is 0 Å². The van der Waals surface area contributed by atoms with Gasteiger partial charge >= 0.3 is 0 Å². The van der Waals surface area contributed by atoms with Crippen molar-refractivity contribution in [2.45, 2.75) is 50.6 Å². The average molecular weight is 330 g/mol. The summed E-state index contributed by atoms with van der Waals surface area (Å²) >= 11 is 5.60. The fraction of sp³-hybridized carbons (Fsp3) is 0.632. The summed E-state index contributed by atoms with van der Waals surface area (Å²) < 4.78 is 5.41. The second kappa shape index (κ2) is 5.97. The third kappa shape index (κ3) is 3.06. The van der Waals surface area contributed by atoms with E-state index < -0.39 is 0 Å². The standard InChI is InChI=1S/C19H26N2OS/c1-22-17-5-3-2-4-16(17)12-20-18(23)21-19-9-13-6-14(10-19)8-15(7-13)11-19/h2-5,13-15H,6-12H2,1H3,(H2,20,21,23). The van der Waals surface area contributed by atoms with Gasteiger partial charge in [0.1, 0.15) is 5.75 Å². The van der Waals surface area contributed by atoms with E-state index in [0.717, 1.165) is 34.2 Å². The monoisotopic (exact) mass is 330 g/mol. The molecule has 4 saturated carbocycles. The predicted octanol–water partition coefficient (Wildman–Crippen LogP) is 3.63. The lowest BCUT2D eigenvalue weighted by Crippen LogP contribution is -2.61. The van der Waals surface area contributed by atoms with Gasteiger partial charge in [0.05, 0.1) is 7.11 Å². The van der Waals surface area contributed by atoms with Crippen LogP contribution in [0.4, 0.5) is 0 Å². The molecule has 5 rings (SSSR count). The van der Waals surface area contributed by atoms with Crippen molar-refractivity contribution in [2.75, 3.05) is 7.11 Å². The Morgan fingerprint density at radius 1 is 1.13 bits per heavy atom. The van der Waals surface area contributed by atoms with Gasteiger partial charge < -0.3 is 15.4 Å². The molecule has 0 amide bonds. The number of hydrogen-bond acceptors (Lipinski definition) is 2. The largest absolute Gasteiger partial charge is 0.496 e. The van der Waals surface area contributed by atoms with E-state index in [1.54, 1.807) is 7.11 Å². The molecule has 4 fully saturated rings. The minimum Gasteiger partial charge on any atom is -0.496 e. The second-order valence-electron chi connectivity index (χ2n) is 7.82. The third-order valence-electron chi connectivity index (χ3n) is 6.05. The average Bonchev–Trinajstić information content (AvgIpc) is 2.51. The highest BCUT2D eigenvalue weighted by Crippen LogP contribution is 2.55. The first-order chi connectivity index (χ1) is 11.2. The number of nitrogens with one attached hydrogen (secondary N) is 2. The van der Waals surface area contributed by atoms with Gasteiger partial charge in [-0.15, -0.1) is 0 Å². The van der Waals surface area contributed by atoms with E-state index in [2.05, 4.69) is 16.7 Å². The fourth-order valence-corrected chi connectivity index (χ4v) is 5.86. The summed E-state index contributed by atoms with van der Waals surface area (Å²) in [6.45, 7) is 0.711. The Bertz CT molecular complexity index is 566. The van der Waals surface area contributed by atoms with Gasteiger partial charge in [0.25, 0.3) is 0 Å². The topological polar surface area (TPSA) is 33.3 Å². The van der Waals surface area contributed by atoms with Crippen molar-refractivity contribution in [3.05, 3.63) is 29.8 Å². The van der Waals surface area contributed by atoms with Gasteiger partial charge in [0, 0.05) is 17.6 Å². The quantitative estimate of drug-likeness (QED) is 0.826. The van der Waals surface area contributed by atoms with Crippen molar-refractivity contribution < 1.29 is 4.74 Å². The molecule has 0 saturated heterocycles. The molecule has 0 aromatic heterocycles. The van der Waals surface area contributed by atoms with Gasteiger partial charge in [-0.1, -0.05) is 18.2 Å². The van der Waals surface area contributed by atoms with Gasteiger partial charge in [0.2, 0.25) is 0 Å². The first-order valence-corrected chi connectivity index (χ1v) is 9.24. The molecule has 0 aliphatic heterocycles. The fourth-order valence-electron chi connectivity index (χ4n) is 5.57. The first kappa shape index (κ1) is 15.3. The molecule has 0 spiro atoms. The van der Waals surface area contributed by atoms with Gasteiger partial charge in [-0.05, 0) is 74.6 Å². The molecule has 0 unspecified atom stereocenters. The summed E-state index contributed by atoms with van der Waals surface area (Å²) in [7, 11) is 1.71. The van der Waals surface area contributed by atoms with E-state index in [-0.39, 0.29) is 5.54 Å². The minimum atomic E-state index is 0.277. The zero-order valence-corrected chi connectivity index (χ0v) is 14.6. The molecule has 124 valence electrons. The lowest BCUT2D eigenvalue weighted by Gasteiger charge is -2.57. The van der Waals surface area contributed by atoms with Crippen LogP contribution in [-0.4, -0.2) is 17.8 Å². The molecular formula is C19H26N2OS. The van der Waals surface area contributed by atoms with Crippen molar-refractivity contribution in [1.29, 1.82) is 0 Å². The highest BCUT2D eigenvalue weighted by Gasteiger charge is 2.51. The Labute approximate surface area is 144 Å². The van der Waals surface area contributed by atoms with E-state index in [0.29, 0.717) is 6.54 Å². The Kier molecular flexibility index (Phi) is 3.96. The number of para-hydroxylation sites is 1. The second-order valence-corrected chi connectivity index (χ2v) is 8.23. The molecule has 1 aromatic carbocycles. The van der Waals surface area contributed by atoms with Gasteiger partial charge in [-0.25, -0.2) is 0 Å². The van der Waals surface area contributed by atoms with Crippen LogP contribution < -0.4 is 15.4 Å². The van der Waals surface area contributed by atoms with Crippen LogP contribution in [0.2, 0.25) is 0 Å². The van der Waals surface area contributed by atoms with Crippen molar-refractivity contribution in [1.82, 2.24) is 10.6 Å². The number of ether oxygens (including phenoxy) is 1. The number of rotatable bonds is 4. The SMILES string of the molecule is COc1ccccc1CNC(=S)NC12CC3CC(CC(C3)C1)C2. The number of methoxy groups -OCH3 is 1. The zero-order valence-electron chi connectivity index (χ0n) is 13.8. The summed E-state index contributed by atoms with van der Waals surface area (Å²) in [5.74, 6) is 3.72. The summed E-state index contributed by atoms with van der Waals surface area (Å²) in [6, 6.07) is 8.11. The Balaban J connectivity index is 1.37. The molecule has 4 aliphatic rings. The Morgan fingerprint density at radius 2 is 1.74 bits per heavy atom. The molecule has 2 N–H and O–H groups in total. The van der Waals surface area contributed by atoms with Crippen LogP contribution in [0.3, 0.4) is 0 Å². The summed E-state index contributed by atoms with van der Waals surface area (Å²) in [5.41, 5.74) is 1.42. The van der Waals surface area contributed by atoms with Crippen molar-refractivity contribution in [2.24, 2.45) is 17.8 Å². The van der Waals surface area contributed by atoms with E-state index in [9.17, 15) is 0 Å². The normalized spacial score (nSPS) is 34.2. The van der Waals surface area contributed by atoms with Crippen LogP contribution in [0.5, 0.6) is 5.75 Å². The highest BCUT2D eigenvalue weighted by molar-refractivity contribution is 7.80. The molecule has 4 heteroatoms.